The Kier molecular flexibility index (Phi) is 9.31. The number of aliphatic hydroxyl groups is 1. The van der Waals surface area contributed by atoms with Crippen LogP contribution in [0.3, 0.4) is 0 Å². The number of esters is 1. The summed E-state index contributed by atoms with van der Waals surface area (Å²) in [6, 6.07) is 8.62. The highest BCUT2D eigenvalue weighted by Gasteiger charge is 2.30. The standard InChI is InChI=1S/C20H28O5Si/c1-6-18(25-20(22)16-11-8-7-9-12-16)19(24-15-23-2)17(21)13-10-14-26(3,4)5/h6-9,11-12,17-19,21H,1,13,15H2,2-5H3/t17-,18-,19+/m1/s1. The van der Waals surface area contributed by atoms with Gasteiger partial charge in [0.1, 0.15) is 27.1 Å². The predicted molar refractivity (Wildman–Crippen MR) is 104 cm³/mol. The van der Waals surface area contributed by atoms with Gasteiger partial charge in [-0.15, -0.1) is 11.5 Å². The molecule has 0 aromatic heterocycles. The Bertz CT molecular complexity index is 627. The van der Waals surface area contributed by atoms with Gasteiger partial charge in [-0.25, -0.2) is 4.79 Å². The van der Waals surface area contributed by atoms with E-state index < -0.39 is 32.4 Å². The number of carbonyl (C=O) groups excluding carboxylic acids is 1. The van der Waals surface area contributed by atoms with Crippen LogP contribution in [0.25, 0.3) is 0 Å². The molecular weight excluding hydrogens is 348 g/mol. The predicted octanol–water partition coefficient (Wildman–Crippen LogP) is 3.02. The highest BCUT2D eigenvalue weighted by atomic mass is 28.3. The lowest BCUT2D eigenvalue weighted by molar-refractivity contribution is -0.142. The molecule has 0 unspecified atom stereocenters. The normalized spacial score (nSPS) is 14.5. The highest BCUT2D eigenvalue weighted by Crippen LogP contribution is 2.16. The van der Waals surface area contributed by atoms with Crippen molar-refractivity contribution >= 4 is 14.0 Å². The second-order valence-electron chi connectivity index (χ2n) is 6.83. The van der Waals surface area contributed by atoms with E-state index >= 15 is 0 Å². The Morgan fingerprint density at radius 1 is 1.31 bits per heavy atom. The lowest BCUT2D eigenvalue weighted by atomic mass is 10.0. The Hall–Kier alpha value is -1.91. The molecule has 1 aromatic carbocycles. The molecule has 1 rings (SSSR count). The summed E-state index contributed by atoms with van der Waals surface area (Å²) in [6.45, 7) is 10.0. The molecule has 5 nitrogen and oxygen atoms in total. The van der Waals surface area contributed by atoms with Crippen LogP contribution in [-0.4, -0.2) is 51.4 Å². The van der Waals surface area contributed by atoms with Crippen molar-refractivity contribution in [2.24, 2.45) is 0 Å². The monoisotopic (exact) mass is 376 g/mol. The van der Waals surface area contributed by atoms with E-state index in [9.17, 15) is 9.90 Å². The molecule has 0 aliphatic rings. The van der Waals surface area contributed by atoms with Crippen LogP contribution >= 0.6 is 0 Å². The highest BCUT2D eigenvalue weighted by molar-refractivity contribution is 6.83. The van der Waals surface area contributed by atoms with Gasteiger partial charge in [-0.2, -0.15) is 0 Å². The van der Waals surface area contributed by atoms with Gasteiger partial charge < -0.3 is 19.3 Å². The van der Waals surface area contributed by atoms with Crippen molar-refractivity contribution in [1.82, 2.24) is 0 Å². The van der Waals surface area contributed by atoms with Crippen molar-refractivity contribution < 1.29 is 24.1 Å². The maximum atomic E-state index is 12.3. The number of rotatable bonds is 9. The van der Waals surface area contributed by atoms with Crippen molar-refractivity contribution in [2.45, 2.75) is 44.4 Å². The van der Waals surface area contributed by atoms with Crippen molar-refractivity contribution in [3.63, 3.8) is 0 Å². The van der Waals surface area contributed by atoms with Crippen molar-refractivity contribution in [3.8, 4) is 11.5 Å². The van der Waals surface area contributed by atoms with Gasteiger partial charge in [0.15, 0.2) is 0 Å². The number of benzene rings is 1. The molecule has 1 aromatic rings. The number of aliphatic hydroxyl groups excluding tert-OH is 1. The molecule has 0 aliphatic heterocycles. The lowest BCUT2D eigenvalue weighted by Gasteiger charge is -2.28. The van der Waals surface area contributed by atoms with E-state index in [0.717, 1.165) is 0 Å². The van der Waals surface area contributed by atoms with Gasteiger partial charge in [0, 0.05) is 13.5 Å². The van der Waals surface area contributed by atoms with E-state index in [4.69, 9.17) is 14.2 Å². The third-order valence-corrected chi connectivity index (χ3v) is 4.27. The molecular formula is C20H28O5Si. The molecule has 0 aliphatic carbocycles. The molecule has 142 valence electrons. The molecule has 0 amide bonds. The van der Waals surface area contributed by atoms with E-state index in [1.807, 2.05) is 6.07 Å². The molecule has 0 radical (unpaired) electrons. The zero-order valence-electron chi connectivity index (χ0n) is 15.9. The van der Waals surface area contributed by atoms with Crippen molar-refractivity contribution in [3.05, 3.63) is 48.6 Å². The van der Waals surface area contributed by atoms with E-state index in [1.165, 1.54) is 13.2 Å². The first kappa shape index (κ1) is 22.1. The van der Waals surface area contributed by atoms with Crippen LogP contribution in [0.4, 0.5) is 0 Å². The molecule has 1 N–H and O–H groups in total. The van der Waals surface area contributed by atoms with E-state index in [0.29, 0.717) is 5.56 Å². The molecule has 0 saturated heterocycles. The zero-order valence-corrected chi connectivity index (χ0v) is 16.9. The van der Waals surface area contributed by atoms with Gasteiger partial charge in [-0.3, -0.25) is 0 Å². The second-order valence-corrected chi connectivity index (χ2v) is 11.6. The third-order valence-electron chi connectivity index (χ3n) is 3.34. The summed E-state index contributed by atoms with van der Waals surface area (Å²) in [5.41, 5.74) is 3.61. The van der Waals surface area contributed by atoms with Crippen LogP contribution in [0.2, 0.25) is 19.6 Å². The van der Waals surface area contributed by atoms with E-state index in [1.54, 1.807) is 24.3 Å². The van der Waals surface area contributed by atoms with Crippen LogP contribution in [0.15, 0.2) is 43.0 Å². The number of ether oxygens (including phenoxy) is 3. The van der Waals surface area contributed by atoms with Gasteiger partial charge in [0.05, 0.1) is 11.7 Å². The summed E-state index contributed by atoms with van der Waals surface area (Å²) in [4.78, 5) is 12.3. The molecule has 0 fully saturated rings. The largest absolute Gasteiger partial charge is 0.452 e. The average molecular weight is 377 g/mol. The topological polar surface area (TPSA) is 65.0 Å². The van der Waals surface area contributed by atoms with Crippen LogP contribution in [0, 0.1) is 11.5 Å². The molecule has 0 heterocycles. The Morgan fingerprint density at radius 3 is 2.50 bits per heavy atom. The summed E-state index contributed by atoms with van der Waals surface area (Å²) in [7, 11) is -0.0537. The van der Waals surface area contributed by atoms with E-state index in [2.05, 4.69) is 37.7 Å². The van der Waals surface area contributed by atoms with Gasteiger partial charge in [-0.1, -0.05) is 44.4 Å². The molecule has 26 heavy (non-hydrogen) atoms. The second kappa shape index (κ2) is 10.9. The Morgan fingerprint density at radius 2 is 1.96 bits per heavy atom. The molecule has 0 spiro atoms. The smallest absolute Gasteiger partial charge is 0.338 e. The van der Waals surface area contributed by atoms with E-state index in [-0.39, 0.29) is 13.2 Å². The maximum Gasteiger partial charge on any atom is 0.338 e. The molecule has 0 saturated carbocycles. The molecule has 6 heteroatoms. The van der Waals surface area contributed by atoms with Crippen molar-refractivity contribution in [1.29, 1.82) is 0 Å². The SMILES string of the molecule is C=C[C@@H](OC(=O)c1ccccc1)[C@@H](OCOC)[C@H](O)CC#C[Si](C)(C)C. The van der Waals surface area contributed by atoms with Gasteiger partial charge in [0.25, 0.3) is 0 Å². The summed E-state index contributed by atoms with van der Waals surface area (Å²) >= 11 is 0. The quantitative estimate of drug-likeness (QED) is 0.236. The number of hydrogen-bond acceptors (Lipinski definition) is 5. The number of carbonyl (C=O) groups is 1. The Balaban J connectivity index is 2.86. The minimum absolute atomic E-state index is 0.0452. The van der Waals surface area contributed by atoms with Crippen LogP contribution in [0.1, 0.15) is 16.8 Å². The van der Waals surface area contributed by atoms with Crippen LogP contribution in [0.5, 0.6) is 0 Å². The summed E-state index contributed by atoms with van der Waals surface area (Å²) < 4.78 is 16.0. The summed E-state index contributed by atoms with van der Waals surface area (Å²) in [5, 5.41) is 10.5. The summed E-state index contributed by atoms with van der Waals surface area (Å²) in [6.07, 6.45) is -0.944. The fourth-order valence-corrected chi connectivity index (χ4v) is 2.76. The Labute approximate surface area is 157 Å². The van der Waals surface area contributed by atoms with Gasteiger partial charge in [0.2, 0.25) is 0 Å². The molecule has 0 bridgehead atoms. The van der Waals surface area contributed by atoms with Gasteiger partial charge in [-0.05, 0) is 18.2 Å². The first-order valence-electron chi connectivity index (χ1n) is 8.45. The fraction of sp³-hybridized carbons (Fsp3) is 0.450. The number of hydrogen-bond donors (Lipinski definition) is 1. The first-order chi connectivity index (χ1) is 12.3. The van der Waals surface area contributed by atoms with Crippen LogP contribution < -0.4 is 0 Å². The average Bonchev–Trinajstić information content (AvgIpc) is 2.60. The fourth-order valence-electron chi connectivity index (χ4n) is 2.12. The minimum Gasteiger partial charge on any atom is -0.452 e. The lowest BCUT2D eigenvalue weighted by Crippen LogP contribution is -2.41. The van der Waals surface area contributed by atoms with Gasteiger partial charge >= 0.3 is 5.97 Å². The molecule has 3 atom stereocenters. The summed E-state index contributed by atoms with van der Waals surface area (Å²) in [5.74, 6) is 2.50. The third kappa shape index (κ3) is 7.98. The minimum atomic E-state index is -1.53. The number of methoxy groups -OCH3 is 1. The first-order valence-corrected chi connectivity index (χ1v) is 12.0. The van der Waals surface area contributed by atoms with Crippen molar-refractivity contribution in [2.75, 3.05) is 13.9 Å². The zero-order chi connectivity index (χ0) is 19.6. The van der Waals surface area contributed by atoms with Crippen LogP contribution in [-0.2, 0) is 14.2 Å². The maximum absolute atomic E-state index is 12.3.